The molecule has 0 saturated carbocycles. The minimum absolute atomic E-state index is 0.0985. The first-order valence-corrected chi connectivity index (χ1v) is 12.5. The SMILES string of the molecule is Cc1cc(C)cc(-n2c(C)cc(C3C(c4ccccn4)NC(=S)N3c3ccc4c(c3)OCO4)c2C)c1. The molecule has 2 unspecified atom stereocenters. The average Bonchev–Trinajstić information content (AvgIpc) is 3.53. The summed E-state index contributed by atoms with van der Waals surface area (Å²) >= 11 is 5.92. The highest BCUT2D eigenvalue weighted by Gasteiger charge is 2.42. The number of rotatable bonds is 4. The monoisotopic (exact) mass is 496 g/mol. The second-order valence-corrected chi connectivity index (χ2v) is 9.93. The highest BCUT2D eigenvalue weighted by molar-refractivity contribution is 7.80. The first-order valence-electron chi connectivity index (χ1n) is 12.1. The van der Waals surface area contributed by atoms with E-state index >= 15 is 0 Å². The van der Waals surface area contributed by atoms with Gasteiger partial charge in [0.2, 0.25) is 6.79 Å². The lowest BCUT2D eigenvalue weighted by Gasteiger charge is -2.28. The number of nitrogens with one attached hydrogen (secondary N) is 1. The lowest BCUT2D eigenvalue weighted by Crippen LogP contribution is -2.29. The molecule has 6 nitrogen and oxygen atoms in total. The van der Waals surface area contributed by atoms with Gasteiger partial charge in [0, 0.05) is 35.0 Å². The molecule has 1 N–H and O–H groups in total. The zero-order valence-corrected chi connectivity index (χ0v) is 21.6. The number of hydrogen-bond acceptors (Lipinski definition) is 4. The number of aryl methyl sites for hydroxylation is 3. The van der Waals surface area contributed by atoms with Crippen molar-refractivity contribution in [3.63, 3.8) is 0 Å². The van der Waals surface area contributed by atoms with Crippen LogP contribution in [0.3, 0.4) is 0 Å². The zero-order chi connectivity index (χ0) is 25.0. The van der Waals surface area contributed by atoms with E-state index in [1.165, 1.54) is 33.8 Å². The van der Waals surface area contributed by atoms with E-state index in [0.717, 1.165) is 22.9 Å². The van der Waals surface area contributed by atoms with E-state index < -0.39 is 0 Å². The summed E-state index contributed by atoms with van der Waals surface area (Å²) < 4.78 is 13.6. The van der Waals surface area contributed by atoms with Gasteiger partial charge >= 0.3 is 0 Å². The minimum Gasteiger partial charge on any atom is -0.454 e. The Balaban J connectivity index is 1.52. The van der Waals surface area contributed by atoms with Crippen LogP contribution in [0.5, 0.6) is 11.5 Å². The molecular weight excluding hydrogens is 468 g/mol. The Kier molecular flexibility index (Phi) is 5.45. The maximum Gasteiger partial charge on any atom is 0.231 e. The molecule has 2 aromatic carbocycles. The van der Waals surface area contributed by atoms with E-state index in [1.807, 2.05) is 36.5 Å². The van der Waals surface area contributed by atoms with E-state index in [2.05, 4.69) is 72.8 Å². The number of pyridine rings is 1. The molecule has 4 heterocycles. The third-order valence-electron chi connectivity index (χ3n) is 6.99. The van der Waals surface area contributed by atoms with Crippen molar-refractivity contribution in [2.45, 2.75) is 39.8 Å². The molecule has 2 aliphatic rings. The molecule has 1 saturated heterocycles. The Morgan fingerprint density at radius 2 is 1.67 bits per heavy atom. The molecule has 2 atom stereocenters. The van der Waals surface area contributed by atoms with Crippen LogP contribution in [0, 0.1) is 27.7 Å². The van der Waals surface area contributed by atoms with Crippen molar-refractivity contribution in [3.05, 3.63) is 101 Å². The van der Waals surface area contributed by atoms with E-state index in [1.54, 1.807) is 0 Å². The molecule has 4 aromatic rings. The van der Waals surface area contributed by atoms with E-state index in [-0.39, 0.29) is 18.9 Å². The molecule has 36 heavy (non-hydrogen) atoms. The van der Waals surface area contributed by atoms with Gasteiger partial charge in [-0.05, 0) is 99.1 Å². The Morgan fingerprint density at radius 3 is 2.42 bits per heavy atom. The van der Waals surface area contributed by atoms with Crippen molar-refractivity contribution >= 4 is 23.0 Å². The smallest absolute Gasteiger partial charge is 0.231 e. The lowest BCUT2D eigenvalue weighted by atomic mass is 9.96. The van der Waals surface area contributed by atoms with Crippen LogP contribution in [0.25, 0.3) is 5.69 Å². The second kappa shape index (κ2) is 8.68. The molecule has 2 aliphatic heterocycles. The molecule has 0 radical (unpaired) electrons. The fraction of sp³-hybridized carbons (Fsp3) is 0.241. The second-order valence-electron chi connectivity index (χ2n) is 9.54. The van der Waals surface area contributed by atoms with Crippen LogP contribution in [-0.4, -0.2) is 21.5 Å². The van der Waals surface area contributed by atoms with Gasteiger partial charge in [-0.15, -0.1) is 0 Å². The summed E-state index contributed by atoms with van der Waals surface area (Å²) in [5.41, 5.74) is 9.13. The minimum atomic E-state index is -0.114. The highest BCUT2D eigenvalue weighted by Crippen LogP contribution is 2.46. The van der Waals surface area contributed by atoms with Crippen LogP contribution in [-0.2, 0) is 0 Å². The Morgan fingerprint density at radius 1 is 0.889 bits per heavy atom. The third-order valence-corrected chi connectivity index (χ3v) is 7.30. The fourth-order valence-electron chi connectivity index (χ4n) is 5.55. The molecule has 0 aliphatic carbocycles. The number of thiocarbonyl (C=S) groups is 1. The topological polar surface area (TPSA) is 51.6 Å². The first-order chi connectivity index (χ1) is 17.4. The maximum atomic E-state index is 5.92. The van der Waals surface area contributed by atoms with Crippen LogP contribution in [0.4, 0.5) is 5.69 Å². The van der Waals surface area contributed by atoms with Crippen LogP contribution in [0.15, 0.2) is 66.9 Å². The van der Waals surface area contributed by atoms with Gasteiger partial charge in [0.05, 0.1) is 17.8 Å². The zero-order valence-electron chi connectivity index (χ0n) is 20.8. The molecule has 2 aromatic heterocycles. The summed E-state index contributed by atoms with van der Waals surface area (Å²) in [4.78, 5) is 6.88. The van der Waals surface area contributed by atoms with Crippen LogP contribution in [0.1, 0.15) is 45.9 Å². The van der Waals surface area contributed by atoms with Crippen LogP contribution in [0.2, 0.25) is 0 Å². The quantitative estimate of drug-likeness (QED) is 0.349. The molecule has 0 amide bonds. The molecule has 6 rings (SSSR count). The summed E-state index contributed by atoms with van der Waals surface area (Å²) in [6.07, 6.45) is 1.83. The Labute approximate surface area is 216 Å². The van der Waals surface area contributed by atoms with Crippen molar-refractivity contribution in [2.75, 3.05) is 11.7 Å². The number of hydrogen-bond donors (Lipinski definition) is 1. The predicted octanol–water partition coefficient (Wildman–Crippen LogP) is 6.01. The molecular formula is C29H28N4O2S. The number of aromatic nitrogens is 2. The normalized spacial score (nSPS) is 18.6. The predicted molar refractivity (Wildman–Crippen MR) is 145 cm³/mol. The molecule has 7 heteroatoms. The van der Waals surface area contributed by atoms with Crippen molar-refractivity contribution < 1.29 is 9.47 Å². The van der Waals surface area contributed by atoms with Gasteiger partial charge < -0.3 is 24.3 Å². The van der Waals surface area contributed by atoms with E-state index in [4.69, 9.17) is 26.7 Å². The van der Waals surface area contributed by atoms with Gasteiger partial charge in [-0.3, -0.25) is 4.98 Å². The molecule has 1 fully saturated rings. The number of benzene rings is 2. The summed E-state index contributed by atoms with van der Waals surface area (Å²) in [6.45, 7) is 8.87. The van der Waals surface area contributed by atoms with Crippen molar-refractivity contribution in [2.24, 2.45) is 0 Å². The fourth-order valence-corrected chi connectivity index (χ4v) is 5.89. The van der Waals surface area contributed by atoms with Crippen molar-refractivity contribution in [1.29, 1.82) is 0 Å². The lowest BCUT2D eigenvalue weighted by molar-refractivity contribution is 0.174. The van der Waals surface area contributed by atoms with E-state index in [9.17, 15) is 0 Å². The maximum absolute atomic E-state index is 5.92. The van der Waals surface area contributed by atoms with Gasteiger partial charge in [-0.1, -0.05) is 12.1 Å². The third kappa shape index (κ3) is 3.71. The number of nitrogens with zero attached hydrogens (tertiary/aromatic N) is 3. The van der Waals surface area contributed by atoms with Gasteiger partial charge in [0.15, 0.2) is 16.6 Å². The van der Waals surface area contributed by atoms with Gasteiger partial charge in [-0.2, -0.15) is 0 Å². The summed E-state index contributed by atoms with van der Waals surface area (Å²) in [7, 11) is 0. The molecule has 0 bridgehead atoms. The number of ether oxygens (including phenoxy) is 2. The van der Waals surface area contributed by atoms with E-state index in [0.29, 0.717) is 5.11 Å². The standard InChI is InChI=1S/C29H28N4O2S/c1-17-11-18(2)13-22(12-17)32-19(3)14-23(20(32)4)28-27(24-7-5-6-10-30-24)31-29(36)33(28)21-8-9-25-26(15-21)35-16-34-25/h5-15,27-28H,16H2,1-4H3,(H,31,36). The summed E-state index contributed by atoms with van der Waals surface area (Å²) in [5.74, 6) is 1.48. The molecule has 182 valence electrons. The number of anilines is 1. The van der Waals surface area contributed by atoms with Crippen LogP contribution >= 0.6 is 12.2 Å². The van der Waals surface area contributed by atoms with Gasteiger partial charge in [-0.25, -0.2) is 0 Å². The van der Waals surface area contributed by atoms with Gasteiger partial charge in [0.25, 0.3) is 0 Å². The molecule has 0 spiro atoms. The Bertz CT molecular complexity index is 1460. The average molecular weight is 497 g/mol. The number of fused-ring (bicyclic) bond motifs is 1. The first kappa shape index (κ1) is 22.6. The Hall–Kier alpha value is -3.84. The largest absolute Gasteiger partial charge is 0.454 e. The van der Waals surface area contributed by atoms with Crippen LogP contribution < -0.4 is 19.7 Å². The highest BCUT2D eigenvalue weighted by atomic mass is 32.1. The summed E-state index contributed by atoms with van der Waals surface area (Å²) in [6, 6.07) is 20.8. The van der Waals surface area contributed by atoms with Gasteiger partial charge in [0.1, 0.15) is 0 Å². The summed E-state index contributed by atoms with van der Waals surface area (Å²) in [5, 5.41) is 4.22. The van der Waals surface area contributed by atoms with Crippen molar-refractivity contribution in [3.8, 4) is 17.2 Å². The van der Waals surface area contributed by atoms with Crippen molar-refractivity contribution in [1.82, 2.24) is 14.9 Å².